The molecule has 0 bridgehead atoms. The van der Waals surface area contributed by atoms with Crippen LogP contribution in [0.1, 0.15) is 37.7 Å². The number of carboxylic acid groups (broad SMARTS) is 1. The molecule has 4 amide bonds. The number of guanidine groups is 1. The highest BCUT2D eigenvalue weighted by Gasteiger charge is 2.30. The van der Waals surface area contributed by atoms with Gasteiger partial charge in [-0.3, -0.25) is 24.2 Å². The molecule has 1 aromatic rings. The number of primary amides is 1. The molecule has 15 nitrogen and oxygen atoms in total. The summed E-state index contributed by atoms with van der Waals surface area (Å²) in [5.41, 5.74) is 22.2. The van der Waals surface area contributed by atoms with Gasteiger partial charge in [0.15, 0.2) is 5.96 Å². The molecule has 4 atom stereocenters. The van der Waals surface area contributed by atoms with Crippen LogP contribution in [0.4, 0.5) is 0 Å². The normalized spacial score (nSPS) is 13.6. The third kappa shape index (κ3) is 14.2. The van der Waals surface area contributed by atoms with Crippen LogP contribution in [0.2, 0.25) is 0 Å². The van der Waals surface area contributed by atoms with Crippen LogP contribution in [0.25, 0.3) is 0 Å². The minimum Gasteiger partial charge on any atom is -0.508 e. The van der Waals surface area contributed by atoms with Gasteiger partial charge in [0.05, 0.1) is 6.04 Å². The van der Waals surface area contributed by atoms with Crippen molar-refractivity contribution in [1.82, 2.24) is 16.0 Å². The first-order valence-electron chi connectivity index (χ1n) is 12.8. The van der Waals surface area contributed by atoms with Crippen LogP contribution in [0.15, 0.2) is 29.3 Å². The molecular weight excluding hydrogens is 556 g/mol. The van der Waals surface area contributed by atoms with Crippen molar-refractivity contribution in [2.45, 2.75) is 62.7 Å². The zero-order valence-corrected chi connectivity index (χ0v) is 23.7. The minimum absolute atomic E-state index is 0.00477. The molecule has 0 fully saturated rings. The number of nitrogens with two attached hydrogens (primary N) is 4. The van der Waals surface area contributed by atoms with Gasteiger partial charge in [-0.15, -0.1) is 0 Å². The molecule has 1 aromatic carbocycles. The van der Waals surface area contributed by atoms with E-state index in [1.54, 1.807) is 0 Å². The average Bonchev–Trinajstić information content (AvgIpc) is 2.91. The molecule has 0 aliphatic carbocycles. The summed E-state index contributed by atoms with van der Waals surface area (Å²) in [6, 6.07) is 1.18. The van der Waals surface area contributed by atoms with E-state index in [0.717, 1.165) is 0 Å². The molecule has 16 heteroatoms. The Labute approximate surface area is 242 Å². The van der Waals surface area contributed by atoms with Crippen molar-refractivity contribution in [1.29, 1.82) is 0 Å². The number of aromatic hydroxyl groups is 1. The lowest BCUT2D eigenvalue weighted by atomic mass is 10.0. The smallest absolute Gasteiger partial charge is 0.326 e. The number of aliphatic carboxylic acids is 1. The highest BCUT2D eigenvalue weighted by molar-refractivity contribution is 7.98. The van der Waals surface area contributed by atoms with Crippen molar-refractivity contribution in [3.05, 3.63) is 29.8 Å². The van der Waals surface area contributed by atoms with E-state index in [4.69, 9.17) is 22.9 Å². The number of thioether (sulfide) groups is 1. The van der Waals surface area contributed by atoms with Crippen molar-refractivity contribution in [2.75, 3.05) is 18.6 Å². The third-order valence-electron chi connectivity index (χ3n) is 5.85. The largest absolute Gasteiger partial charge is 0.508 e. The molecule has 0 heterocycles. The quantitative estimate of drug-likeness (QED) is 0.0472. The molecule has 0 aliphatic heterocycles. The van der Waals surface area contributed by atoms with Gasteiger partial charge in [0, 0.05) is 19.4 Å². The summed E-state index contributed by atoms with van der Waals surface area (Å²) in [6.07, 6.45) is 2.16. The van der Waals surface area contributed by atoms with Gasteiger partial charge in [-0.2, -0.15) is 11.8 Å². The standard InChI is InChI=1S/C25H40N8O7S/c1-41-12-10-18(31-21(36)16(26)8-9-20(27)35)23(38)32-17(3-2-11-30-25(28)29)22(37)33-19(24(39)40)13-14-4-6-15(34)7-5-14/h4-7,16-19,34H,2-3,8-13,26H2,1H3,(H2,27,35)(H,31,36)(H,32,38)(H,33,37)(H,39,40)(H4,28,29,30). The zero-order valence-electron chi connectivity index (χ0n) is 22.9. The van der Waals surface area contributed by atoms with E-state index in [2.05, 4.69) is 20.9 Å². The summed E-state index contributed by atoms with van der Waals surface area (Å²) in [5.74, 6) is -3.68. The summed E-state index contributed by atoms with van der Waals surface area (Å²) in [5, 5.41) is 26.8. The van der Waals surface area contributed by atoms with E-state index in [-0.39, 0.29) is 56.8 Å². The van der Waals surface area contributed by atoms with Gasteiger partial charge in [-0.05, 0) is 55.4 Å². The molecule has 1 rings (SSSR count). The Balaban J connectivity index is 3.06. The lowest BCUT2D eigenvalue weighted by Gasteiger charge is -2.25. The number of amides is 4. The zero-order chi connectivity index (χ0) is 30.9. The summed E-state index contributed by atoms with van der Waals surface area (Å²) >= 11 is 1.43. The van der Waals surface area contributed by atoms with E-state index in [1.165, 1.54) is 36.0 Å². The van der Waals surface area contributed by atoms with E-state index in [0.29, 0.717) is 11.3 Å². The van der Waals surface area contributed by atoms with Crippen molar-refractivity contribution >= 4 is 47.3 Å². The average molecular weight is 597 g/mol. The number of nitrogens with zero attached hydrogens (tertiary/aromatic N) is 1. The topological polar surface area (TPSA) is 278 Å². The predicted molar refractivity (Wildman–Crippen MR) is 155 cm³/mol. The second-order valence-electron chi connectivity index (χ2n) is 9.23. The van der Waals surface area contributed by atoms with Crippen molar-refractivity contribution in [2.24, 2.45) is 27.9 Å². The molecule has 0 radical (unpaired) electrons. The molecule has 0 saturated heterocycles. The highest BCUT2D eigenvalue weighted by Crippen LogP contribution is 2.12. The van der Waals surface area contributed by atoms with E-state index in [9.17, 15) is 34.2 Å². The SMILES string of the molecule is CSCCC(NC(=O)C(N)CCC(N)=O)C(=O)NC(CCCN=C(N)N)C(=O)NC(Cc1ccc(O)cc1)C(=O)O. The van der Waals surface area contributed by atoms with Gasteiger partial charge in [-0.25, -0.2) is 4.79 Å². The van der Waals surface area contributed by atoms with Gasteiger partial charge in [0.2, 0.25) is 23.6 Å². The maximum Gasteiger partial charge on any atom is 0.326 e. The first-order chi connectivity index (χ1) is 19.3. The number of nitrogens with one attached hydrogen (secondary N) is 3. The summed E-state index contributed by atoms with van der Waals surface area (Å²) in [6.45, 7) is 0.152. The summed E-state index contributed by atoms with van der Waals surface area (Å²) < 4.78 is 0. The molecule has 228 valence electrons. The Hall–Kier alpha value is -4.05. The summed E-state index contributed by atoms with van der Waals surface area (Å²) in [4.78, 5) is 65.8. The van der Waals surface area contributed by atoms with E-state index < -0.39 is 53.8 Å². The van der Waals surface area contributed by atoms with Crippen LogP contribution in [0, 0.1) is 0 Å². The first-order valence-corrected chi connectivity index (χ1v) is 14.2. The van der Waals surface area contributed by atoms with E-state index >= 15 is 0 Å². The van der Waals surface area contributed by atoms with Crippen molar-refractivity contribution in [3.8, 4) is 5.75 Å². The molecule has 0 saturated carbocycles. The molecule has 0 spiro atoms. The Bertz CT molecular complexity index is 1070. The summed E-state index contributed by atoms with van der Waals surface area (Å²) in [7, 11) is 0. The number of phenols is 1. The number of hydrogen-bond acceptors (Lipinski definition) is 9. The van der Waals surface area contributed by atoms with Crippen LogP contribution in [0.3, 0.4) is 0 Å². The number of benzene rings is 1. The Morgan fingerprint density at radius 3 is 1.98 bits per heavy atom. The van der Waals surface area contributed by atoms with Crippen LogP contribution in [-0.4, -0.2) is 88.5 Å². The third-order valence-corrected chi connectivity index (χ3v) is 6.50. The van der Waals surface area contributed by atoms with Gasteiger partial charge in [0.25, 0.3) is 0 Å². The monoisotopic (exact) mass is 596 g/mol. The second-order valence-corrected chi connectivity index (χ2v) is 10.2. The fourth-order valence-electron chi connectivity index (χ4n) is 3.60. The minimum atomic E-state index is -1.33. The lowest BCUT2D eigenvalue weighted by Crippen LogP contribution is -2.57. The number of rotatable bonds is 19. The van der Waals surface area contributed by atoms with Crippen molar-refractivity contribution < 1.29 is 34.2 Å². The maximum atomic E-state index is 13.2. The van der Waals surface area contributed by atoms with Crippen molar-refractivity contribution in [3.63, 3.8) is 0 Å². The molecule has 13 N–H and O–H groups in total. The van der Waals surface area contributed by atoms with Gasteiger partial charge in [-0.1, -0.05) is 12.1 Å². The van der Waals surface area contributed by atoms with E-state index in [1.807, 2.05) is 6.26 Å². The molecule has 4 unspecified atom stereocenters. The number of aliphatic imine (C=N–C) groups is 1. The molecule has 41 heavy (non-hydrogen) atoms. The predicted octanol–water partition coefficient (Wildman–Crippen LogP) is -2.13. The Kier molecular flexibility index (Phi) is 15.6. The lowest BCUT2D eigenvalue weighted by molar-refractivity contribution is -0.142. The highest BCUT2D eigenvalue weighted by atomic mass is 32.2. The van der Waals surface area contributed by atoms with Gasteiger partial charge < -0.3 is 49.1 Å². The van der Waals surface area contributed by atoms with Gasteiger partial charge in [0.1, 0.15) is 23.9 Å². The van der Waals surface area contributed by atoms with Crippen LogP contribution >= 0.6 is 11.8 Å². The number of phenolic OH excluding ortho intramolecular Hbond substituents is 1. The number of hydrogen-bond donors (Lipinski definition) is 9. The molecule has 0 aliphatic rings. The number of carboxylic acids is 1. The fraction of sp³-hybridized carbons (Fsp3) is 0.520. The second kappa shape index (κ2) is 18.3. The Morgan fingerprint density at radius 1 is 0.878 bits per heavy atom. The molecule has 0 aromatic heterocycles. The van der Waals surface area contributed by atoms with Crippen LogP contribution in [0.5, 0.6) is 5.75 Å². The van der Waals surface area contributed by atoms with Crippen LogP contribution < -0.4 is 38.9 Å². The number of carbonyl (C=O) groups excluding carboxylic acids is 4. The fourth-order valence-corrected chi connectivity index (χ4v) is 4.07. The maximum absolute atomic E-state index is 13.2. The van der Waals surface area contributed by atoms with Crippen LogP contribution in [-0.2, 0) is 30.4 Å². The first kappa shape index (κ1) is 35.0. The van der Waals surface area contributed by atoms with Gasteiger partial charge >= 0.3 is 5.97 Å². The Morgan fingerprint density at radius 2 is 1.44 bits per heavy atom. The number of carbonyl (C=O) groups is 5. The molecular formula is C25H40N8O7S.